The van der Waals surface area contributed by atoms with Crippen LogP contribution in [0.5, 0.6) is 11.5 Å². The minimum absolute atomic E-state index is 0.112. The Labute approximate surface area is 184 Å². The van der Waals surface area contributed by atoms with E-state index in [1.54, 1.807) is 26.4 Å². The summed E-state index contributed by atoms with van der Waals surface area (Å²) in [6, 6.07) is 13.0. The molecule has 6 heteroatoms. The summed E-state index contributed by atoms with van der Waals surface area (Å²) in [7, 11) is 5.41. The molecule has 1 heterocycles. The average molecular weight is 429 g/mol. The van der Waals surface area contributed by atoms with Crippen LogP contribution in [0.2, 0.25) is 0 Å². The van der Waals surface area contributed by atoms with Gasteiger partial charge in [0.15, 0.2) is 11.5 Å². The molecule has 0 spiro atoms. The van der Waals surface area contributed by atoms with Crippen molar-refractivity contribution in [2.75, 3.05) is 40.9 Å². The van der Waals surface area contributed by atoms with Gasteiger partial charge in [0.05, 0.1) is 14.2 Å². The van der Waals surface area contributed by atoms with Crippen molar-refractivity contribution in [1.82, 2.24) is 9.80 Å². The van der Waals surface area contributed by atoms with E-state index in [1.165, 1.54) is 11.6 Å². The highest BCUT2D eigenvalue weighted by molar-refractivity contribution is 5.76. The second-order valence-electron chi connectivity index (χ2n) is 8.15. The third-order valence-corrected chi connectivity index (χ3v) is 6.14. The summed E-state index contributed by atoms with van der Waals surface area (Å²) in [5.74, 6) is 1.35. The number of halogens is 1. The average Bonchev–Trinajstić information content (AvgIpc) is 2.81. The first-order valence-corrected chi connectivity index (χ1v) is 10.9. The molecule has 1 aliphatic rings. The van der Waals surface area contributed by atoms with Crippen LogP contribution in [0.15, 0.2) is 42.5 Å². The Balaban J connectivity index is 1.50. The van der Waals surface area contributed by atoms with Crippen molar-refractivity contribution in [3.05, 3.63) is 59.4 Å². The van der Waals surface area contributed by atoms with E-state index < -0.39 is 0 Å². The number of rotatable bonds is 9. The topological polar surface area (TPSA) is 42.0 Å². The van der Waals surface area contributed by atoms with E-state index in [1.807, 2.05) is 23.1 Å². The molecule has 0 radical (unpaired) electrons. The van der Waals surface area contributed by atoms with Crippen molar-refractivity contribution in [2.24, 2.45) is 0 Å². The number of likely N-dealkylation sites (N-methyl/N-ethyl adjacent to an activating group) is 1. The summed E-state index contributed by atoms with van der Waals surface area (Å²) in [5.41, 5.74) is 1.80. The monoisotopic (exact) mass is 428 g/mol. The number of likely N-dealkylation sites (tertiary alicyclic amines) is 1. The summed E-state index contributed by atoms with van der Waals surface area (Å²) in [4.78, 5) is 17.0. The quantitative estimate of drug-likeness (QED) is 0.607. The van der Waals surface area contributed by atoms with Crippen molar-refractivity contribution in [3.8, 4) is 11.5 Å². The third-order valence-electron chi connectivity index (χ3n) is 6.14. The summed E-state index contributed by atoms with van der Waals surface area (Å²) >= 11 is 0. The number of carbonyl (C=O) groups is 1. The number of benzene rings is 2. The molecule has 0 N–H and O–H groups in total. The maximum atomic E-state index is 13.8. The lowest BCUT2D eigenvalue weighted by Gasteiger charge is -2.38. The van der Waals surface area contributed by atoms with Gasteiger partial charge in [0.1, 0.15) is 5.82 Å². The Hall–Kier alpha value is -2.60. The number of hydrogen-bond acceptors (Lipinski definition) is 4. The molecule has 5 nitrogen and oxygen atoms in total. The Bertz CT molecular complexity index is 874. The van der Waals surface area contributed by atoms with Gasteiger partial charge in [0.2, 0.25) is 5.91 Å². The SMILES string of the molecule is COc1ccc(CCN(C)C2CCCN(C(=O)CCc3ccccc3F)C2)cc1OC. The van der Waals surface area contributed by atoms with Gasteiger partial charge in [-0.25, -0.2) is 4.39 Å². The number of nitrogens with zero attached hydrogens (tertiary/aromatic N) is 2. The number of methoxy groups -OCH3 is 2. The molecule has 2 aromatic rings. The predicted molar refractivity (Wildman–Crippen MR) is 120 cm³/mol. The molecule has 0 saturated carbocycles. The van der Waals surface area contributed by atoms with E-state index in [0.717, 1.165) is 50.4 Å². The zero-order valence-electron chi connectivity index (χ0n) is 18.8. The summed E-state index contributed by atoms with van der Waals surface area (Å²) in [6.07, 6.45) is 3.77. The number of carbonyl (C=O) groups excluding carboxylic acids is 1. The fourth-order valence-electron chi connectivity index (χ4n) is 4.17. The van der Waals surface area contributed by atoms with Crippen LogP contribution in [0, 0.1) is 5.82 Å². The molecule has 1 unspecified atom stereocenters. The second-order valence-corrected chi connectivity index (χ2v) is 8.15. The molecule has 3 rings (SSSR count). The number of ether oxygens (including phenoxy) is 2. The van der Waals surface area contributed by atoms with Gasteiger partial charge in [-0.3, -0.25) is 4.79 Å². The highest BCUT2D eigenvalue weighted by Crippen LogP contribution is 2.28. The first-order valence-electron chi connectivity index (χ1n) is 10.9. The summed E-state index contributed by atoms with van der Waals surface area (Å²) < 4.78 is 24.5. The van der Waals surface area contributed by atoms with E-state index in [0.29, 0.717) is 24.4 Å². The van der Waals surface area contributed by atoms with Crippen molar-refractivity contribution >= 4 is 5.91 Å². The van der Waals surface area contributed by atoms with Crippen molar-refractivity contribution in [2.45, 2.75) is 38.1 Å². The predicted octanol–water partition coefficient (Wildman–Crippen LogP) is 3.94. The molecule has 1 amide bonds. The Morgan fingerprint density at radius 3 is 2.65 bits per heavy atom. The highest BCUT2D eigenvalue weighted by atomic mass is 19.1. The van der Waals surface area contributed by atoms with Gasteiger partial charge in [-0.2, -0.15) is 0 Å². The number of amides is 1. The van der Waals surface area contributed by atoms with Gasteiger partial charge < -0.3 is 19.3 Å². The van der Waals surface area contributed by atoms with Crippen molar-refractivity contribution in [3.63, 3.8) is 0 Å². The fourth-order valence-corrected chi connectivity index (χ4v) is 4.17. The number of hydrogen-bond donors (Lipinski definition) is 0. The molecule has 1 atom stereocenters. The summed E-state index contributed by atoms with van der Waals surface area (Å²) in [6.45, 7) is 2.42. The minimum atomic E-state index is -0.235. The molecule has 168 valence electrons. The molecule has 1 saturated heterocycles. The van der Waals surface area contributed by atoms with Crippen molar-refractivity contribution in [1.29, 1.82) is 0 Å². The lowest BCUT2D eigenvalue weighted by atomic mass is 10.0. The molecule has 1 fully saturated rings. The van der Waals surface area contributed by atoms with Crippen LogP contribution < -0.4 is 9.47 Å². The third kappa shape index (κ3) is 6.20. The van der Waals surface area contributed by atoms with Crippen LogP contribution in [0.3, 0.4) is 0 Å². The van der Waals surface area contributed by atoms with E-state index in [-0.39, 0.29) is 11.7 Å². The zero-order chi connectivity index (χ0) is 22.2. The highest BCUT2D eigenvalue weighted by Gasteiger charge is 2.26. The maximum absolute atomic E-state index is 13.8. The smallest absolute Gasteiger partial charge is 0.222 e. The lowest BCUT2D eigenvalue weighted by Crippen LogP contribution is -2.49. The minimum Gasteiger partial charge on any atom is -0.493 e. The molecule has 0 bridgehead atoms. The lowest BCUT2D eigenvalue weighted by molar-refractivity contribution is -0.133. The molecule has 31 heavy (non-hydrogen) atoms. The molecule has 0 aromatic heterocycles. The van der Waals surface area contributed by atoms with Crippen LogP contribution in [0.1, 0.15) is 30.4 Å². The Morgan fingerprint density at radius 1 is 1.13 bits per heavy atom. The van der Waals surface area contributed by atoms with Crippen molar-refractivity contribution < 1.29 is 18.7 Å². The first kappa shape index (κ1) is 23.1. The van der Waals surface area contributed by atoms with Crippen LogP contribution in [-0.2, 0) is 17.6 Å². The maximum Gasteiger partial charge on any atom is 0.222 e. The zero-order valence-corrected chi connectivity index (χ0v) is 18.8. The van der Waals surface area contributed by atoms with E-state index >= 15 is 0 Å². The normalized spacial score (nSPS) is 16.4. The van der Waals surface area contributed by atoms with Gasteiger partial charge in [0.25, 0.3) is 0 Å². The van der Waals surface area contributed by atoms with E-state index in [4.69, 9.17) is 9.47 Å². The Kier molecular flexibility index (Phi) is 8.29. The van der Waals surface area contributed by atoms with Gasteiger partial charge in [-0.1, -0.05) is 24.3 Å². The largest absolute Gasteiger partial charge is 0.493 e. The second kappa shape index (κ2) is 11.1. The van der Waals surface area contributed by atoms with E-state index in [9.17, 15) is 9.18 Å². The van der Waals surface area contributed by atoms with Crippen LogP contribution in [0.25, 0.3) is 0 Å². The number of piperidine rings is 1. The number of aryl methyl sites for hydroxylation is 1. The fraction of sp³-hybridized carbons (Fsp3) is 0.480. The van der Waals surface area contributed by atoms with Gasteiger partial charge in [-0.05, 0) is 62.1 Å². The van der Waals surface area contributed by atoms with Gasteiger partial charge >= 0.3 is 0 Å². The Morgan fingerprint density at radius 2 is 1.90 bits per heavy atom. The summed E-state index contributed by atoms with van der Waals surface area (Å²) in [5, 5.41) is 0. The van der Waals surface area contributed by atoms with Gasteiger partial charge in [0, 0.05) is 32.1 Å². The molecule has 0 aliphatic carbocycles. The molecular weight excluding hydrogens is 395 g/mol. The van der Waals surface area contributed by atoms with Gasteiger partial charge in [-0.15, -0.1) is 0 Å². The standard InChI is InChI=1S/C25H33FN2O3/c1-27(16-14-19-10-12-23(30-2)24(17-19)31-3)21-8-6-15-28(18-21)25(29)13-11-20-7-4-5-9-22(20)26/h4-5,7,9-10,12,17,21H,6,8,11,13-16,18H2,1-3H3. The van der Waals surface area contributed by atoms with Crippen LogP contribution >= 0.6 is 0 Å². The van der Waals surface area contributed by atoms with Crippen LogP contribution in [-0.4, -0.2) is 62.7 Å². The van der Waals surface area contributed by atoms with E-state index in [2.05, 4.69) is 18.0 Å². The first-order chi connectivity index (χ1) is 15.0. The molecule has 1 aliphatic heterocycles. The molecular formula is C25H33FN2O3. The van der Waals surface area contributed by atoms with Crippen LogP contribution in [0.4, 0.5) is 4.39 Å². The molecule has 2 aromatic carbocycles.